The largest absolute Gasteiger partial charge is 0.364 e. The summed E-state index contributed by atoms with van der Waals surface area (Å²) in [5.74, 6) is 1.62. The van der Waals surface area contributed by atoms with E-state index in [0.717, 1.165) is 18.4 Å². The first-order chi connectivity index (χ1) is 20.9. The molecule has 2 heterocycles. The van der Waals surface area contributed by atoms with E-state index in [1.54, 1.807) is 0 Å². The van der Waals surface area contributed by atoms with E-state index in [2.05, 4.69) is 129 Å². The van der Waals surface area contributed by atoms with Gasteiger partial charge in [-0.2, -0.15) is 0 Å². The van der Waals surface area contributed by atoms with Crippen molar-refractivity contribution >= 4 is 11.4 Å². The van der Waals surface area contributed by atoms with E-state index < -0.39 is 0 Å². The zero-order valence-corrected chi connectivity index (χ0v) is 27.3. The van der Waals surface area contributed by atoms with Crippen LogP contribution in [-0.4, -0.2) is 19.1 Å². The molecule has 0 N–H and O–H groups in total. The number of benzene rings is 2. The molecule has 2 aliphatic heterocycles. The summed E-state index contributed by atoms with van der Waals surface area (Å²) < 4.78 is 0. The zero-order chi connectivity index (χ0) is 29.9. The van der Waals surface area contributed by atoms with Crippen LogP contribution in [-0.2, 0) is 10.8 Å². The third-order valence-corrected chi connectivity index (χ3v) is 11.1. The van der Waals surface area contributed by atoms with Gasteiger partial charge in [0.1, 0.15) is 0 Å². The molecule has 43 heavy (non-hydrogen) atoms. The van der Waals surface area contributed by atoms with Gasteiger partial charge in [0.2, 0.25) is 0 Å². The number of fused-ring (bicyclic) bond motifs is 2. The molecule has 0 saturated heterocycles. The van der Waals surface area contributed by atoms with Gasteiger partial charge >= 0.3 is 0 Å². The van der Waals surface area contributed by atoms with Crippen molar-refractivity contribution in [3.8, 4) is 0 Å². The molecule has 2 heteroatoms. The molecule has 1 atom stereocenters. The number of para-hydroxylation sites is 2. The van der Waals surface area contributed by atoms with Crippen LogP contribution in [0.5, 0.6) is 0 Å². The Bertz CT molecular complexity index is 1360. The molecule has 1 unspecified atom stereocenters. The SMILES string of the molecule is CC1(C)\C(=C/C=C/C=C/C=C/C2N(CC3CCCCC3)c3ccccc3C2(C)C)N(CC2CCCCC2)c2ccccc21. The maximum Gasteiger partial charge on any atom is 0.0568 e. The van der Waals surface area contributed by atoms with Crippen LogP contribution in [0.3, 0.4) is 0 Å². The maximum absolute atomic E-state index is 2.72. The van der Waals surface area contributed by atoms with Crippen molar-refractivity contribution in [3.05, 3.63) is 108 Å². The van der Waals surface area contributed by atoms with Crippen LogP contribution in [0.15, 0.2) is 96.8 Å². The lowest BCUT2D eigenvalue weighted by Crippen LogP contribution is -2.42. The molecule has 0 bridgehead atoms. The predicted octanol–water partition coefficient (Wildman–Crippen LogP) is 10.7. The van der Waals surface area contributed by atoms with Gasteiger partial charge < -0.3 is 9.80 Å². The molecule has 0 radical (unpaired) electrons. The second-order valence-corrected chi connectivity index (χ2v) is 14.8. The number of rotatable bonds is 8. The van der Waals surface area contributed by atoms with Crippen LogP contribution >= 0.6 is 0 Å². The summed E-state index contributed by atoms with van der Waals surface area (Å²) in [4.78, 5) is 5.36. The van der Waals surface area contributed by atoms with Gasteiger partial charge in [0.25, 0.3) is 0 Å². The number of allylic oxidation sites excluding steroid dienone is 7. The summed E-state index contributed by atoms with van der Waals surface area (Å²) in [6.45, 7) is 12.0. The van der Waals surface area contributed by atoms with Crippen molar-refractivity contribution in [2.45, 2.75) is 109 Å². The summed E-state index contributed by atoms with van der Waals surface area (Å²) in [5.41, 5.74) is 7.36. The third-order valence-electron chi connectivity index (χ3n) is 11.1. The van der Waals surface area contributed by atoms with Crippen LogP contribution in [0.1, 0.15) is 103 Å². The molecule has 0 aromatic heterocycles. The Morgan fingerprint density at radius 1 is 0.628 bits per heavy atom. The number of anilines is 2. The van der Waals surface area contributed by atoms with Crippen molar-refractivity contribution in [2.24, 2.45) is 11.8 Å². The first-order valence-corrected chi connectivity index (χ1v) is 17.3. The average Bonchev–Trinajstić information content (AvgIpc) is 3.36. The highest BCUT2D eigenvalue weighted by atomic mass is 15.2. The molecule has 6 rings (SSSR count). The summed E-state index contributed by atoms with van der Waals surface area (Å²) in [7, 11) is 0. The van der Waals surface area contributed by atoms with Gasteiger partial charge in [0.15, 0.2) is 0 Å². The van der Waals surface area contributed by atoms with Crippen molar-refractivity contribution in [3.63, 3.8) is 0 Å². The highest BCUT2D eigenvalue weighted by Crippen LogP contribution is 2.49. The molecule has 0 spiro atoms. The average molecular weight is 575 g/mol. The second kappa shape index (κ2) is 12.9. The Morgan fingerprint density at radius 3 is 1.88 bits per heavy atom. The molecular formula is C41H54N2. The lowest BCUT2D eigenvalue weighted by atomic mass is 9.80. The summed E-state index contributed by atoms with van der Waals surface area (Å²) in [6.07, 6.45) is 29.9. The van der Waals surface area contributed by atoms with E-state index in [-0.39, 0.29) is 10.8 Å². The standard InChI is InChI=1S/C41H54N2/c1-40(2)34-24-16-18-26-36(34)42(30-32-20-10-8-11-21-32)38(40)28-14-6-5-7-15-29-39-41(3,4)35-25-17-19-27-37(35)43(39)31-33-22-12-9-13-23-33/h5-7,14-19,24-29,32-33,38H,8-13,20-23,30-31H2,1-4H3/b6-5+,15-7+,28-14+,39-29+. The van der Waals surface area contributed by atoms with Crippen molar-refractivity contribution < 1.29 is 0 Å². The molecule has 2 aromatic carbocycles. The molecule has 4 aliphatic rings. The summed E-state index contributed by atoms with van der Waals surface area (Å²) in [6, 6.07) is 18.6. The fraction of sp³-hybridized carbons (Fsp3) is 0.512. The van der Waals surface area contributed by atoms with Gasteiger partial charge in [-0.15, -0.1) is 0 Å². The molecular weight excluding hydrogens is 520 g/mol. The van der Waals surface area contributed by atoms with E-state index in [1.165, 1.54) is 99.0 Å². The van der Waals surface area contributed by atoms with Gasteiger partial charge in [-0.3, -0.25) is 0 Å². The Hall–Kier alpha value is -3.00. The zero-order valence-electron chi connectivity index (χ0n) is 27.3. The number of nitrogens with zero attached hydrogens (tertiary/aromatic N) is 2. The molecule has 2 saturated carbocycles. The minimum absolute atomic E-state index is 0.0179. The number of hydrogen-bond donors (Lipinski definition) is 0. The Labute approximate surface area is 262 Å². The highest BCUT2D eigenvalue weighted by molar-refractivity contribution is 5.71. The number of hydrogen-bond acceptors (Lipinski definition) is 2. The molecule has 228 valence electrons. The molecule has 2 fully saturated rings. The lowest BCUT2D eigenvalue weighted by Gasteiger charge is -2.36. The minimum atomic E-state index is 0.0179. The summed E-state index contributed by atoms with van der Waals surface area (Å²) in [5, 5.41) is 0. The first kappa shape index (κ1) is 30.0. The molecule has 0 amide bonds. The Morgan fingerprint density at radius 2 is 1.19 bits per heavy atom. The van der Waals surface area contributed by atoms with Crippen molar-refractivity contribution in [1.29, 1.82) is 0 Å². The van der Waals surface area contributed by atoms with Crippen LogP contribution in [0.4, 0.5) is 11.4 Å². The van der Waals surface area contributed by atoms with Gasteiger partial charge in [-0.25, -0.2) is 0 Å². The van der Waals surface area contributed by atoms with E-state index >= 15 is 0 Å². The van der Waals surface area contributed by atoms with Gasteiger partial charge in [-0.05, 0) is 66.9 Å². The fourth-order valence-corrected chi connectivity index (χ4v) is 8.65. The van der Waals surface area contributed by atoms with Gasteiger partial charge in [0.05, 0.1) is 6.04 Å². The van der Waals surface area contributed by atoms with E-state index in [9.17, 15) is 0 Å². The maximum atomic E-state index is 2.72. The monoisotopic (exact) mass is 574 g/mol. The predicted molar refractivity (Wildman–Crippen MR) is 186 cm³/mol. The van der Waals surface area contributed by atoms with E-state index in [1.807, 2.05) is 0 Å². The smallest absolute Gasteiger partial charge is 0.0568 e. The van der Waals surface area contributed by atoms with E-state index in [0.29, 0.717) is 6.04 Å². The molecule has 2 aliphatic carbocycles. The minimum Gasteiger partial charge on any atom is -0.364 e. The summed E-state index contributed by atoms with van der Waals surface area (Å²) >= 11 is 0. The van der Waals surface area contributed by atoms with Crippen molar-refractivity contribution in [2.75, 3.05) is 22.9 Å². The first-order valence-electron chi connectivity index (χ1n) is 17.3. The van der Waals surface area contributed by atoms with Gasteiger partial charge in [-0.1, -0.05) is 139 Å². The van der Waals surface area contributed by atoms with Crippen molar-refractivity contribution in [1.82, 2.24) is 0 Å². The normalized spacial score (nSPS) is 25.0. The Balaban J connectivity index is 1.16. The van der Waals surface area contributed by atoms with Crippen LogP contribution in [0.2, 0.25) is 0 Å². The topological polar surface area (TPSA) is 6.48 Å². The Kier molecular flexibility index (Phi) is 9.03. The third kappa shape index (κ3) is 6.17. The molecule has 2 nitrogen and oxygen atoms in total. The van der Waals surface area contributed by atoms with Gasteiger partial charge in [0, 0.05) is 41.0 Å². The van der Waals surface area contributed by atoms with Crippen LogP contribution in [0, 0.1) is 11.8 Å². The van der Waals surface area contributed by atoms with E-state index in [4.69, 9.17) is 0 Å². The second-order valence-electron chi connectivity index (χ2n) is 14.8. The van der Waals surface area contributed by atoms with Crippen LogP contribution < -0.4 is 9.80 Å². The lowest BCUT2D eigenvalue weighted by molar-refractivity contribution is 0.345. The molecule has 2 aromatic rings. The highest BCUT2D eigenvalue weighted by Gasteiger charge is 2.43. The fourth-order valence-electron chi connectivity index (χ4n) is 8.65. The van der Waals surface area contributed by atoms with Crippen LogP contribution in [0.25, 0.3) is 0 Å². The quantitative estimate of drug-likeness (QED) is 0.289.